The number of hydrogen-bond acceptors (Lipinski definition) is 5. The maximum atomic E-state index is 12.5. The average molecular weight is 283 g/mol. The lowest BCUT2D eigenvalue weighted by Crippen LogP contribution is -2.21. The highest BCUT2D eigenvalue weighted by Gasteiger charge is 2.35. The second-order valence-electron chi connectivity index (χ2n) is 4.78. The number of benzene rings is 2. The first-order valence-corrected chi connectivity index (χ1v) is 6.57. The first kappa shape index (κ1) is 13.2. The van der Waals surface area contributed by atoms with Gasteiger partial charge in [0, 0.05) is 23.7 Å². The molecule has 0 radical (unpaired) electrons. The third-order valence-electron chi connectivity index (χ3n) is 3.52. The minimum atomic E-state index is -0.465. The van der Waals surface area contributed by atoms with Crippen LogP contribution in [0.3, 0.4) is 0 Å². The quantitative estimate of drug-likeness (QED) is 0.496. The van der Waals surface area contributed by atoms with Crippen LogP contribution in [0.4, 0.5) is 5.69 Å². The molecule has 0 spiro atoms. The lowest BCUT2D eigenvalue weighted by atomic mass is 9.82. The number of nitrogens with one attached hydrogen (secondary N) is 1. The predicted molar refractivity (Wildman–Crippen MR) is 77.2 cm³/mol. The average Bonchev–Trinajstić information content (AvgIpc) is 2.48. The Morgan fingerprint density at radius 1 is 1.00 bits per heavy atom. The molecule has 2 aromatic carbocycles. The molecule has 0 unspecified atom stereocenters. The van der Waals surface area contributed by atoms with E-state index >= 15 is 0 Å². The monoisotopic (exact) mass is 283 g/mol. The van der Waals surface area contributed by atoms with Crippen molar-refractivity contribution in [3.05, 3.63) is 52.6 Å². The van der Waals surface area contributed by atoms with Gasteiger partial charge in [0.15, 0.2) is 17.3 Å². The molecule has 0 aliphatic heterocycles. The summed E-state index contributed by atoms with van der Waals surface area (Å²) in [6.07, 6.45) is 0. The summed E-state index contributed by atoms with van der Waals surface area (Å²) in [5.41, 5.74) is 0.418. The number of carbonyl (C=O) groups is 2. The van der Waals surface area contributed by atoms with E-state index in [1.165, 1.54) is 18.2 Å². The molecule has 106 valence electrons. The van der Waals surface area contributed by atoms with Crippen molar-refractivity contribution in [3.8, 4) is 11.5 Å². The lowest BCUT2D eigenvalue weighted by Gasteiger charge is -2.21. The summed E-state index contributed by atoms with van der Waals surface area (Å²) in [6, 6.07) is 7.64. The van der Waals surface area contributed by atoms with Crippen molar-refractivity contribution >= 4 is 17.3 Å². The first-order chi connectivity index (χ1) is 10.1. The minimum Gasteiger partial charge on any atom is -0.507 e. The van der Waals surface area contributed by atoms with Crippen LogP contribution >= 0.6 is 0 Å². The summed E-state index contributed by atoms with van der Waals surface area (Å²) in [7, 11) is 0. The number of carbonyl (C=O) groups excluding carboxylic acids is 2. The van der Waals surface area contributed by atoms with Crippen LogP contribution in [-0.2, 0) is 0 Å². The molecule has 3 rings (SSSR count). The molecule has 0 fully saturated rings. The topological polar surface area (TPSA) is 86.6 Å². The molecule has 0 heterocycles. The summed E-state index contributed by atoms with van der Waals surface area (Å²) in [5.74, 6) is -1.55. The highest BCUT2D eigenvalue weighted by atomic mass is 16.3. The van der Waals surface area contributed by atoms with Gasteiger partial charge in [-0.05, 0) is 6.92 Å². The smallest absolute Gasteiger partial charge is 0.198 e. The Kier molecular flexibility index (Phi) is 2.90. The van der Waals surface area contributed by atoms with E-state index in [0.717, 1.165) is 0 Å². The summed E-state index contributed by atoms with van der Waals surface area (Å²) < 4.78 is 0. The number of phenolic OH excluding ortho intramolecular Hbond substituents is 2. The van der Waals surface area contributed by atoms with Crippen molar-refractivity contribution in [1.82, 2.24) is 0 Å². The largest absolute Gasteiger partial charge is 0.507 e. The van der Waals surface area contributed by atoms with Crippen LogP contribution in [0, 0.1) is 0 Å². The molecule has 0 aromatic heterocycles. The standard InChI is InChI=1S/C16H13NO4/c1-2-17-10-7-11(18)12-13(16(10)21)15(20)9-6-4-3-5-8(9)14(12)19/h3-7,17-18,21H,2H2,1H3. The van der Waals surface area contributed by atoms with Gasteiger partial charge in [-0.1, -0.05) is 24.3 Å². The summed E-state index contributed by atoms with van der Waals surface area (Å²) in [4.78, 5) is 25.0. The third kappa shape index (κ3) is 1.78. The fraction of sp³-hybridized carbons (Fsp3) is 0.125. The lowest BCUT2D eigenvalue weighted by molar-refractivity contribution is 0.0974. The first-order valence-electron chi connectivity index (χ1n) is 6.57. The van der Waals surface area contributed by atoms with E-state index in [0.29, 0.717) is 6.54 Å². The maximum Gasteiger partial charge on any atom is 0.198 e. The van der Waals surface area contributed by atoms with Crippen LogP contribution in [-0.4, -0.2) is 28.3 Å². The van der Waals surface area contributed by atoms with Crippen LogP contribution in [0.2, 0.25) is 0 Å². The Labute approximate surface area is 120 Å². The molecule has 0 bridgehead atoms. The third-order valence-corrected chi connectivity index (χ3v) is 3.52. The summed E-state index contributed by atoms with van der Waals surface area (Å²) in [5, 5.41) is 23.2. The van der Waals surface area contributed by atoms with Gasteiger partial charge in [0.25, 0.3) is 0 Å². The fourth-order valence-electron chi connectivity index (χ4n) is 2.58. The number of anilines is 1. The van der Waals surface area contributed by atoms with Crippen molar-refractivity contribution < 1.29 is 19.8 Å². The van der Waals surface area contributed by atoms with Crippen LogP contribution in [0.15, 0.2) is 30.3 Å². The maximum absolute atomic E-state index is 12.5. The van der Waals surface area contributed by atoms with Crippen LogP contribution in [0.1, 0.15) is 38.8 Å². The van der Waals surface area contributed by atoms with Gasteiger partial charge in [-0.25, -0.2) is 0 Å². The molecule has 1 aliphatic carbocycles. The summed E-state index contributed by atoms with van der Waals surface area (Å²) >= 11 is 0. The summed E-state index contributed by atoms with van der Waals surface area (Å²) in [6.45, 7) is 2.32. The molecule has 0 amide bonds. The molecular formula is C16H13NO4. The van der Waals surface area contributed by atoms with E-state index < -0.39 is 11.6 Å². The van der Waals surface area contributed by atoms with Gasteiger partial charge in [0.05, 0.1) is 16.8 Å². The Morgan fingerprint density at radius 2 is 1.57 bits per heavy atom. The Hall–Kier alpha value is -2.82. The SMILES string of the molecule is CCNc1cc(O)c2c(c1O)C(=O)c1ccccc1C2=O. The molecule has 5 heteroatoms. The van der Waals surface area contributed by atoms with Crippen molar-refractivity contribution in [2.24, 2.45) is 0 Å². The molecule has 3 N–H and O–H groups in total. The molecular weight excluding hydrogens is 270 g/mol. The van der Waals surface area contributed by atoms with Gasteiger partial charge in [0.2, 0.25) is 0 Å². The molecule has 21 heavy (non-hydrogen) atoms. The Morgan fingerprint density at radius 3 is 2.14 bits per heavy atom. The number of phenols is 2. The normalized spacial score (nSPS) is 12.8. The van der Waals surface area contributed by atoms with E-state index in [1.54, 1.807) is 12.1 Å². The van der Waals surface area contributed by atoms with E-state index in [9.17, 15) is 19.8 Å². The van der Waals surface area contributed by atoms with Gasteiger partial charge in [-0.15, -0.1) is 0 Å². The van der Waals surface area contributed by atoms with Crippen molar-refractivity contribution in [2.75, 3.05) is 11.9 Å². The zero-order valence-electron chi connectivity index (χ0n) is 11.3. The Bertz CT molecular complexity index is 780. The van der Waals surface area contributed by atoms with E-state index in [-0.39, 0.29) is 39.4 Å². The van der Waals surface area contributed by atoms with Crippen LogP contribution in [0.25, 0.3) is 0 Å². The number of ketones is 2. The number of aromatic hydroxyl groups is 2. The van der Waals surface area contributed by atoms with Gasteiger partial charge in [-0.2, -0.15) is 0 Å². The molecule has 0 saturated carbocycles. The number of fused-ring (bicyclic) bond motifs is 2. The number of hydrogen-bond donors (Lipinski definition) is 3. The highest BCUT2D eigenvalue weighted by Crippen LogP contribution is 2.42. The van der Waals surface area contributed by atoms with E-state index in [2.05, 4.69) is 5.32 Å². The second kappa shape index (κ2) is 4.63. The van der Waals surface area contributed by atoms with E-state index in [1.807, 2.05) is 6.92 Å². The van der Waals surface area contributed by atoms with Gasteiger partial charge < -0.3 is 15.5 Å². The fourth-order valence-corrected chi connectivity index (χ4v) is 2.58. The van der Waals surface area contributed by atoms with Crippen molar-refractivity contribution in [3.63, 3.8) is 0 Å². The number of rotatable bonds is 2. The van der Waals surface area contributed by atoms with Crippen molar-refractivity contribution in [2.45, 2.75) is 6.92 Å². The second-order valence-corrected chi connectivity index (χ2v) is 4.78. The van der Waals surface area contributed by atoms with Gasteiger partial charge >= 0.3 is 0 Å². The van der Waals surface area contributed by atoms with E-state index in [4.69, 9.17) is 0 Å². The molecule has 0 saturated heterocycles. The molecule has 0 atom stereocenters. The van der Waals surface area contributed by atoms with Crippen LogP contribution < -0.4 is 5.32 Å². The molecule has 1 aliphatic rings. The zero-order chi connectivity index (χ0) is 15.1. The van der Waals surface area contributed by atoms with Gasteiger partial charge in [0.1, 0.15) is 5.75 Å². The molecule has 5 nitrogen and oxygen atoms in total. The van der Waals surface area contributed by atoms with Gasteiger partial charge in [-0.3, -0.25) is 9.59 Å². The Balaban J connectivity index is 2.32. The highest BCUT2D eigenvalue weighted by molar-refractivity contribution is 6.30. The van der Waals surface area contributed by atoms with Crippen LogP contribution in [0.5, 0.6) is 11.5 Å². The predicted octanol–water partition coefficient (Wildman–Crippen LogP) is 2.30. The zero-order valence-corrected chi connectivity index (χ0v) is 11.3. The minimum absolute atomic E-state index is 0.141. The van der Waals surface area contributed by atoms with Crippen molar-refractivity contribution in [1.29, 1.82) is 0 Å². The molecule has 2 aromatic rings.